The normalized spacial score (nSPS) is 11.6. The van der Waals surface area contributed by atoms with Gasteiger partial charge in [0, 0.05) is 18.0 Å². The van der Waals surface area contributed by atoms with E-state index in [9.17, 15) is 13.2 Å². The number of sulfonamides is 1. The number of hydrogen-bond acceptors (Lipinski definition) is 3. The van der Waals surface area contributed by atoms with Gasteiger partial charge in [-0.05, 0) is 48.2 Å². The Labute approximate surface area is 170 Å². The SMILES string of the molecule is CC(C)CNS(=O)(=O)c1ccc(CCC(=O)Nc2ccc(Cl)cc2Cl)cc1. The van der Waals surface area contributed by atoms with Crippen LogP contribution in [0.3, 0.4) is 0 Å². The van der Waals surface area contributed by atoms with Crippen LogP contribution < -0.4 is 10.0 Å². The van der Waals surface area contributed by atoms with Crippen LogP contribution in [0.2, 0.25) is 10.0 Å². The van der Waals surface area contributed by atoms with Crippen LogP contribution in [-0.2, 0) is 21.2 Å². The van der Waals surface area contributed by atoms with Gasteiger partial charge in [-0.1, -0.05) is 49.2 Å². The van der Waals surface area contributed by atoms with Gasteiger partial charge in [0.25, 0.3) is 0 Å². The predicted octanol–water partition coefficient (Wildman–Crippen LogP) is 4.50. The molecule has 2 aromatic carbocycles. The van der Waals surface area contributed by atoms with Crippen molar-refractivity contribution in [2.75, 3.05) is 11.9 Å². The number of carbonyl (C=O) groups is 1. The molecule has 0 saturated heterocycles. The quantitative estimate of drug-likeness (QED) is 0.649. The first-order valence-electron chi connectivity index (χ1n) is 8.51. The van der Waals surface area contributed by atoms with Gasteiger partial charge in [-0.2, -0.15) is 0 Å². The molecule has 8 heteroatoms. The first-order valence-corrected chi connectivity index (χ1v) is 10.7. The summed E-state index contributed by atoms with van der Waals surface area (Å²) in [5.74, 6) is 0.0428. The first-order chi connectivity index (χ1) is 12.7. The highest BCUT2D eigenvalue weighted by Gasteiger charge is 2.14. The van der Waals surface area contributed by atoms with Gasteiger partial charge >= 0.3 is 0 Å². The number of anilines is 1. The third-order valence-electron chi connectivity index (χ3n) is 3.76. The van der Waals surface area contributed by atoms with Crippen LogP contribution in [0, 0.1) is 5.92 Å². The highest BCUT2D eigenvalue weighted by Crippen LogP contribution is 2.25. The van der Waals surface area contributed by atoms with Gasteiger partial charge in [-0.25, -0.2) is 13.1 Å². The van der Waals surface area contributed by atoms with E-state index in [0.29, 0.717) is 28.7 Å². The van der Waals surface area contributed by atoms with E-state index in [1.54, 1.807) is 42.5 Å². The lowest BCUT2D eigenvalue weighted by atomic mass is 10.1. The molecule has 0 saturated carbocycles. The van der Waals surface area contributed by atoms with Gasteiger partial charge < -0.3 is 5.32 Å². The number of amides is 1. The van der Waals surface area contributed by atoms with Crippen LogP contribution >= 0.6 is 23.2 Å². The van der Waals surface area contributed by atoms with Gasteiger partial charge in [0.15, 0.2) is 0 Å². The second-order valence-corrected chi connectivity index (χ2v) is 9.17. The Hall–Kier alpha value is -1.60. The lowest BCUT2D eigenvalue weighted by Crippen LogP contribution is -2.27. The molecule has 0 fully saturated rings. The summed E-state index contributed by atoms with van der Waals surface area (Å²) in [6.07, 6.45) is 0.730. The average molecular weight is 429 g/mol. The summed E-state index contributed by atoms with van der Waals surface area (Å²) >= 11 is 11.9. The molecule has 2 aromatic rings. The molecular formula is C19H22Cl2N2O3S. The standard InChI is InChI=1S/C19H22Cl2N2O3S/c1-13(2)12-22-27(25,26)16-7-3-14(4-8-16)5-10-19(24)23-18-9-6-15(20)11-17(18)21/h3-4,6-9,11,13,22H,5,10,12H2,1-2H3,(H,23,24). The van der Waals surface area contributed by atoms with E-state index in [4.69, 9.17) is 23.2 Å². The highest BCUT2D eigenvalue weighted by molar-refractivity contribution is 7.89. The van der Waals surface area contributed by atoms with Crippen molar-refractivity contribution in [1.29, 1.82) is 0 Å². The van der Waals surface area contributed by atoms with Crippen LogP contribution in [0.1, 0.15) is 25.8 Å². The zero-order valence-electron chi connectivity index (χ0n) is 15.1. The Morgan fingerprint density at radius 3 is 2.33 bits per heavy atom. The first kappa shape index (κ1) is 21.7. The Kier molecular flexibility index (Phi) is 7.68. The summed E-state index contributed by atoms with van der Waals surface area (Å²) < 4.78 is 26.9. The fourth-order valence-electron chi connectivity index (χ4n) is 2.26. The van der Waals surface area contributed by atoms with E-state index < -0.39 is 10.0 Å². The molecule has 2 N–H and O–H groups in total. The molecule has 0 aromatic heterocycles. The van der Waals surface area contributed by atoms with E-state index in [2.05, 4.69) is 10.0 Å². The van der Waals surface area contributed by atoms with Crippen LogP contribution in [0.5, 0.6) is 0 Å². The minimum Gasteiger partial charge on any atom is -0.325 e. The third-order valence-corrected chi connectivity index (χ3v) is 5.75. The van der Waals surface area contributed by atoms with Crippen molar-refractivity contribution in [3.63, 3.8) is 0 Å². The van der Waals surface area contributed by atoms with Crippen LogP contribution in [0.25, 0.3) is 0 Å². The van der Waals surface area contributed by atoms with Crippen molar-refractivity contribution in [2.45, 2.75) is 31.6 Å². The zero-order chi connectivity index (χ0) is 20.0. The molecule has 0 radical (unpaired) electrons. The molecule has 0 aliphatic carbocycles. The topological polar surface area (TPSA) is 75.3 Å². The highest BCUT2D eigenvalue weighted by atomic mass is 35.5. The van der Waals surface area contributed by atoms with Gasteiger partial charge in [-0.15, -0.1) is 0 Å². The van der Waals surface area contributed by atoms with Crippen LogP contribution in [0.4, 0.5) is 5.69 Å². The predicted molar refractivity (Wildman–Crippen MR) is 110 cm³/mol. The smallest absolute Gasteiger partial charge is 0.240 e. The number of hydrogen-bond donors (Lipinski definition) is 2. The monoisotopic (exact) mass is 428 g/mol. The Morgan fingerprint density at radius 2 is 1.74 bits per heavy atom. The van der Waals surface area contributed by atoms with E-state index in [1.807, 2.05) is 13.8 Å². The van der Waals surface area contributed by atoms with Crippen molar-refractivity contribution in [3.8, 4) is 0 Å². The molecule has 146 valence electrons. The van der Waals surface area contributed by atoms with Crippen LogP contribution in [0.15, 0.2) is 47.4 Å². The Balaban J connectivity index is 1.91. The minimum atomic E-state index is -3.51. The second-order valence-electron chi connectivity index (χ2n) is 6.56. The summed E-state index contributed by atoms with van der Waals surface area (Å²) in [4.78, 5) is 12.3. The largest absolute Gasteiger partial charge is 0.325 e. The number of nitrogens with one attached hydrogen (secondary N) is 2. The fourth-order valence-corrected chi connectivity index (χ4v) is 3.93. The minimum absolute atomic E-state index is 0.186. The number of carbonyl (C=O) groups excluding carboxylic acids is 1. The van der Waals surface area contributed by atoms with Crippen molar-refractivity contribution in [1.82, 2.24) is 4.72 Å². The molecule has 5 nitrogen and oxygen atoms in total. The molecule has 27 heavy (non-hydrogen) atoms. The average Bonchev–Trinajstić information content (AvgIpc) is 2.61. The summed E-state index contributed by atoms with van der Waals surface area (Å²) in [5, 5.41) is 3.61. The molecule has 0 unspecified atom stereocenters. The maximum absolute atomic E-state index is 12.2. The fraction of sp³-hybridized carbons (Fsp3) is 0.316. The number of aryl methyl sites for hydroxylation is 1. The second kappa shape index (κ2) is 9.55. The molecule has 0 aliphatic heterocycles. The molecule has 0 spiro atoms. The maximum atomic E-state index is 12.2. The summed E-state index contributed by atoms with van der Waals surface area (Å²) in [6, 6.07) is 11.4. The molecular weight excluding hydrogens is 407 g/mol. The van der Waals surface area contributed by atoms with Gasteiger partial charge in [-0.3, -0.25) is 4.79 Å². The van der Waals surface area contributed by atoms with Crippen LogP contribution in [-0.4, -0.2) is 20.9 Å². The Morgan fingerprint density at radius 1 is 1.07 bits per heavy atom. The van der Waals surface area contributed by atoms with Gasteiger partial charge in [0.1, 0.15) is 0 Å². The zero-order valence-corrected chi connectivity index (χ0v) is 17.5. The van der Waals surface area contributed by atoms with Gasteiger partial charge in [0.2, 0.25) is 15.9 Å². The van der Waals surface area contributed by atoms with Crippen molar-refractivity contribution < 1.29 is 13.2 Å². The van der Waals surface area contributed by atoms with E-state index in [-0.39, 0.29) is 23.1 Å². The third kappa shape index (κ3) is 6.81. The van der Waals surface area contributed by atoms with E-state index >= 15 is 0 Å². The van der Waals surface area contributed by atoms with E-state index in [1.165, 1.54) is 0 Å². The summed E-state index contributed by atoms with van der Waals surface area (Å²) in [6.45, 7) is 4.26. The molecule has 1 amide bonds. The maximum Gasteiger partial charge on any atom is 0.240 e. The number of rotatable bonds is 8. The summed E-state index contributed by atoms with van der Waals surface area (Å²) in [7, 11) is -3.51. The van der Waals surface area contributed by atoms with E-state index in [0.717, 1.165) is 5.56 Å². The lowest BCUT2D eigenvalue weighted by Gasteiger charge is -2.10. The van der Waals surface area contributed by atoms with Crippen molar-refractivity contribution in [3.05, 3.63) is 58.1 Å². The lowest BCUT2D eigenvalue weighted by molar-refractivity contribution is -0.116. The number of halogens is 2. The van der Waals surface area contributed by atoms with Crippen molar-refractivity contribution in [2.24, 2.45) is 5.92 Å². The number of benzene rings is 2. The summed E-state index contributed by atoms with van der Waals surface area (Å²) in [5.41, 5.74) is 1.37. The molecule has 0 aliphatic rings. The van der Waals surface area contributed by atoms with Gasteiger partial charge in [0.05, 0.1) is 15.6 Å². The molecule has 0 heterocycles. The molecule has 2 rings (SSSR count). The molecule has 0 bridgehead atoms. The van der Waals surface area contributed by atoms with Crippen molar-refractivity contribution >= 4 is 44.8 Å². The Bertz CT molecular complexity index is 898. The molecule has 0 atom stereocenters.